The van der Waals surface area contributed by atoms with Gasteiger partial charge in [0.2, 0.25) is 0 Å². The van der Waals surface area contributed by atoms with Crippen LogP contribution in [0.1, 0.15) is 0 Å². The molecule has 0 spiro atoms. The SMILES string of the molecule is Clc1c[c-]ccc1.[CH3-].[CH3-].[Ce+3]. The van der Waals surface area contributed by atoms with E-state index in [0.29, 0.717) is 0 Å². The number of halogens is 1. The Balaban J connectivity index is -0.000000163. The van der Waals surface area contributed by atoms with Crippen molar-refractivity contribution in [3.8, 4) is 0 Å². The molecule has 0 amide bonds. The third-order valence-electron chi connectivity index (χ3n) is 0.669. The molecule has 0 unspecified atom stereocenters. The molecule has 0 fully saturated rings. The molecule has 10 heavy (non-hydrogen) atoms. The Morgan fingerprint density at radius 1 is 1.30 bits per heavy atom. The molecule has 53 valence electrons. The van der Waals surface area contributed by atoms with Crippen molar-refractivity contribution in [1.82, 2.24) is 0 Å². The van der Waals surface area contributed by atoms with E-state index in [2.05, 4.69) is 6.07 Å². The summed E-state index contributed by atoms with van der Waals surface area (Å²) in [5.41, 5.74) is 0. The standard InChI is InChI=1S/C6H4Cl.2CH3.Ce/c7-6-4-2-1-3-5-6;;;/h1-2,4-5H;2*1H3;/q3*-1;+3. The molecule has 2 heteroatoms. The van der Waals surface area contributed by atoms with Gasteiger partial charge in [-0.1, -0.05) is 5.02 Å². The van der Waals surface area contributed by atoms with Crippen LogP contribution in [0.5, 0.6) is 0 Å². The second kappa shape index (κ2) is 9.89. The van der Waals surface area contributed by atoms with E-state index in [1.54, 1.807) is 6.07 Å². The molecule has 0 aliphatic rings. The van der Waals surface area contributed by atoms with E-state index in [4.69, 9.17) is 11.6 Å². The quantitative estimate of drug-likeness (QED) is 0.641. The Labute approximate surface area is 102 Å². The third-order valence-corrected chi connectivity index (χ3v) is 0.904. The largest absolute Gasteiger partial charge is 3.00 e. The molecule has 1 aromatic rings. The molecule has 0 nitrogen and oxygen atoms in total. The molecular formula is C8H10CeCl. The van der Waals surface area contributed by atoms with Crippen molar-refractivity contribution in [1.29, 1.82) is 0 Å². The summed E-state index contributed by atoms with van der Waals surface area (Å²) in [6.45, 7) is 0. The van der Waals surface area contributed by atoms with Crippen LogP contribution in [0.25, 0.3) is 0 Å². The zero-order chi connectivity index (χ0) is 5.11. The van der Waals surface area contributed by atoms with E-state index in [0.717, 1.165) is 5.02 Å². The molecule has 0 aliphatic heterocycles. The smallest absolute Gasteiger partial charge is 0.358 e. The van der Waals surface area contributed by atoms with Gasteiger partial charge < -0.3 is 14.9 Å². The molecule has 0 N–H and O–H groups in total. The van der Waals surface area contributed by atoms with Crippen molar-refractivity contribution in [2.75, 3.05) is 0 Å². The molecule has 0 atom stereocenters. The molecule has 0 bridgehead atoms. The Bertz CT molecular complexity index is 139. The predicted octanol–water partition coefficient (Wildman–Crippen LogP) is 3.04. The van der Waals surface area contributed by atoms with Crippen molar-refractivity contribution >= 4 is 11.6 Å². The van der Waals surface area contributed by atoms with Crippen LogP contribution in [-0.4, -0.2) is 0 Å². The van der Waals surface area contributed by atoms with Gasteiger partial charge in [-0.3, -0.25) is 0 Å². The first-order valence-corrected chi connectivity index (χ1v) is 2.39. The van der Waals surface area contributed by atoms with Crippen LogP contribution in [0.3, 0.4) is 0 Å². The molecule has 1 rings (SSSR count). The zero-order valence-corrected chi connectivity index (χ0v) is 10.1. The van der Waals surface area contributed by atoms with Gasteiger partial charge in [0, 0.05) is 0 Å². The fraction of sp³-hybridized carbons (Fsp3) is 0. The Kier molecular flexibility index (Phi) is 16.9. The topological polar surface area (TPSA) is 0 Å². The summed E-state index contributed by atoms with van der Waals surface area (Å²) < 4.78 is 0. The van der Waals surface area contributed by atoms with Gasteiger partial charge in [-0.05, 0) is 0 Å². The molecule has 0 saturated carbocycles. The third kappa shape index (κ3) is 7.00. The first kappa shape index (κ1) is 17.1. The minimum absolute atomic E-state index is 0. The molecule has 0 aliphatic carbocycles. The van der Waals surface area contributed by atoms with E-state index >= 15 is 0 Å². The van der Waals surface area contributed by atoms with Gasteiger partial charge in [0.15, 0.2) is 0 Å². The van der Waals surface area contributed by atoms with Crippen molar-refractivity contribution in [3.63, 3.8) is 0 Å². The molecule has 0 heterocycles. The van der Waals surface area contributed by atoms with Crippen LogP contribution in [-0.2, 0) is 0 Å². The first-order valence-electron chi connectivity index (χ1n) is 2.01. The molecule has 1 radical (unpaired) electrons. The van der Waals surface area contributed by atoms with Gasteiger partial charge in [-0.15, -0.1) is 0 Å². The number of rotatable bonds is 0. The van der Waals surface area contributed by atoms with Crippen molar-refractivity contribution < 1.29 is 41.7 Å². The van der Waals surface area contributed by atoms with Crippen molar-refractivity contribution in [2.24, 2.45) is 0 Å². The van der Waals surface area contributed by atoms with Gasteiger partial charge in [0.1, 0.15) is 0 Å². The summed E-state index contributed by atoms with van der Waals surface area (Å²) in [6, 6.07) is 10.0. The van der Waals surface area contributed by atoms with Crippen molar-refractivity contribution in [2.45, 2.75) is 0 Å². The minimum atomic E-state index is 0. The van der Waals surface area contributed by atoms with E-state index in [9.17, 15) is 0 Å². The normalized spacial score (nSPS) is 6.10. The van der Waals surface area contributed by atoms with Crippen molar-refractivity contribution in [3.05, 3.63) is 50.2 Å². The fourth-order valence-electron chi connectivity index (χ4n) is 0.371. The Hall–Kier alpha value is 0.887. The summed E-state index contributed by atoms with van der Waals surface area (Å²) in [6.07, 6.45) is 0. The predicted molar refractivity (Wildman–Crippen MR) is 43.1 cm³/mol. The van der Waals surface area contributed by atoms with Crippen LogP contribution >= 0.6 is 11.6 Å². The van der Waals surface area contributed by atoms with Gasteiger partial charge in [0.25, 0.3) is 0 Å². The summed E-state index contributed by atoms with van der Waals surface area (Å²) in [4.78, 5) is 0. The average molecular weight is 282 g/mol. The average Bonchev–Trinajstić information content (AvgIpc) is 1.69. The summed E-state index contributed by atoms with van der Waals surface area (Å²) >= 11 is 5.51. The first-order chi connectivity index (χ1) is 3.39. The molecule has 1 aromatic carbocycles. The Morgan fingerprint density at radius 3 is 2.10 bits per heavy atom. The van der Waals surface area contributed by atoms with Gasteiger partial charge >= 0.3 is 41.7 Å². The monoisotopic (exact) mass is 281 g/mol. The summed E-state index contributed by atoms with van der Waals surface area (Å²) in [5, 5.41) is 0.738. The van der Waals surface area contributed by atoms with Crippen LogP contribution < -0.4 is 0 Å². The number of hydrogen-bond donors (Lipinski definition) is 0. The zero-order valence-electron chi connectivity index (χ0n) is 6.19. The number of benzene rings is 1. The maximum absolute atomic E-state index is 5.51. The number of hydrogen-bond acceptors (Lipinski definition) is 0. The second-order valence-corrected chi connectivity index (χ2v) is 1.66. The minimum Gasteiger partial charge on any atom is -0.358 e. The summed E-state index contributed by atoms with van der Waals surface area (Å²) in [7, 11) is 0. The van der Waals surface area contributed by atoms with Crippen LogP contribution in [0.2, 0.25) is 5.02 Å². The van der Waals surface area contributed by atoms with E-state index in [1.165, 1.54) is 0 Å². The molecule has 0 aromatic heterocycles. The molecule has 0 saturated heterocycles. The molecular weight excluding hydrogens is 272 g/mol. The van der Waals surface area contributed by atoms with Gasteiger partial charge in [0.05, 0.1) is 0 Å². The van der Waals surface area contributed by atoms with E-state index in [-0.39, 0.29) is 56.6 Å². The Morgan fingerprint density at radius 2 is 1.90 bits per heavy atom. The van der Waals surface area contributed by atoms with Gasteiger partial charge in [-0.25, -0.2) is 0 Å². The fourth-order valence-corrected chi connectivity index (χ4v) is 0.507. The van der Waals surface area contributed by atoms with Crippen LogP contribution in [0.4, 0.5) is 0 Å². The van der Waals surface area contributed by atoms with E-state index in [1.807, 2.05) is 18.2 Å². The summed E-state index contributed by atoms with van der Waals surface area (Å²) in [5.74, 6) is 0. The maximum atomic E-state index is 5.51. The van der Waals surface area contributed by atoms with Crippen LogP contribution in [0, 0.1) is 62.7 Å². The maximum Gasteiger partial charge on any atom is 3.00 e. The second-order valence-electron chi connectivity index (χ2n) is 1.22. The van der Waals surface area contributed by atoms with Gasteiger partial charge in [-0.2, -0.15) is 41.9 Å². The van der Waals surface area contributed by atoms with E-state index < -0.39 is 0 Å². The van der Waals surface area contributed by atoms with Crippen LogP contribution in [0.15, 0.2) is 24.3 Å².